The minimum absolute atomic E-state index is 0.117. The second kappa shape index (κ2) is 5.44. The fourth-order valence-electron chi connectivity index (χ4n) is 2.35. The molecule has 0 saturated carbocycles. The van der Waals surface area contributed by atoms with Crippen LogP contribution in [0.15, 0.2) is 30.7 Å². The summed E-state index contributed by atoms with van der Waals surface area (Å²) in [4.78, 5) is 19.9. The average Bonchev–Trinajstić information content (AvgIpc) is 2.86. The topological polar surface area (TPSA) is 95.9 Å². The molecule has 0 saturated heterocycles. The minimum Gasteiger partial charge on any atom is -0.493 e. The lowest BCUT2D eigenvalue weighted by atomic mass is 10.1. The lowest BCUT2D eigenvalue weighted by molar-refractivity contribution is 0.0996. The third kappa shape index (κ3) is 2.37. The Labute approximate surface area is 126 Å². The highest BCUT2D eigenvalue weighted by atomic mass is 16.5. The van der Waals surface area contributed by atoms with Crippen LogP contribution < -0.4 is 10.5 Å². The molecule has 3 aromatic rings. The number of amides is 1. The molecule has 0 unspecified atom stereocenters. The van der Waals surface area contributed by atoms with E-state index in [1.165, 1.54) is 12.4 Å². The van der Waals surface area contributed by atoms with Crippen LogP contribution in [0.4, 0.5) is 0 Å². The number of hydrogen-bond acceptors (Lipinski definition) is 5. The number of fused-ring (bicyclic) bond motifs is 1. The molecule has 2 heterocycles. The van der Waals surface area contributed by atoms with E-state index in [0.29, 0.717) is 23.6 Å². The maximum atomic E-state index is 11.6. The van der Waals surface area contributed by atoms with Gasteiger partial charge in [0.1, 0.15) is 11.4 Å². The summed E-state index contributed by atoms with van der Waals surface area (Å²) < 4.78 is 7.39. The summed E-state index contributed by atoms with van der Waals surface area (Å²) in [6.07, 6.45) is 4.84. The van der Waals surface area contributed by atoms with Gasteiger partial charge >= 0.3 is 0 Å². The Morgan fingerprint density at radius 1 is 1.32 bits per heavy atom. The molecule has 0 bridgehead atoms. The zero-order valence-electron chi connectivity index (χ0n) is 12.3. The average molecular weight is 297 g/mol. The van der Waals surface area contributed by atoms with E-state index in [1.54, 1.807) is 4.68 Å². The number of primary amides is 1. The van der Waals surface area contributed by atoms with Crippen LogP contribution >= 0.6 is 0 Å². The van der Waals surface area contributed by atoms with Crippen molar-refractivity contribution in [2.75, 3.05) is 6.61 Å². The summed E-state index contributed by atoms with van der Waals surface area (Å²) in [6.45, 7) is 2.37. The first kappa shape index (κ1) is 14.0. The maximum absolute atomic E-state index is 11.6. The highest BCUT2D eigenvalue weighted by Crippen LogP contribution is 2.34. The smallest absolute Gasteiger partial charge is 0.269 e. The monoisotopic (exact) mass is 297 g/mol. The van der Waals surface area contributed by atoms with Crippen molar-refractivity contribution >= 4 is 16.8 Å². The zero-order chi connectivity index (χ0) is 15.7. The maximum Gasteiger partial charge on any atom is 0.269 e. The minimum atomic E-state index is -0.628. The van der Waals surface area contributed by atoms with E-state index in [0.717, 1.165) is 10.9 Å². The van der Waals surface area contributed by atoms with Crippen molar-refractivity contribution in [3.8, 4) is 17.0 Å². The Morgan fingerprint density at radius 3 is 2.82 bits per heavy atom. The van der Waals surface area contributed by atoms with Crippen LogP contribution in [0.25, 0.3) is 22.2 Å². The van der Waals surface area contributed by atoms with E-state index in [4.69, 9.17) is 10.5 Å². The molecule has 0 atom stereocenters. The highest BCUT2D eigenvalue weighted by molar-refractivity contribution is 5.99. The van der Waals surface area contributed by atoms with Crippen molar-refractivity contribution in [2.45, 2.75) is 6.92 Å². The molecule has 22 heavy (non-hydrogen) atoms. The second-order valence-electron chi connectivity index (χ2n) is 4.76. The predicted octanol–water partition coefficient (Wildman–Crippen LogP) is 1.53. The molecule has 2 N–H and O–H groups in total. The third-order valence-corrected chi connectivity index (χ3v) is 3.21. The van der Waals surface area contributed by atoms with Crippen molar-refractivity contribution in [2.24, 2.45) is 12.8 Å². The van der Waals surface area contributed by atoms with Crippen molar-refractivity contribution in [3.05, 3.63) is 36.4 Å². The number of ether oxygens (including phenoxy) is 1. The summed E-state index contributed by atoms with van der Waals surface area (Å²) in [5.41, 5.74) is 7.39. The molecule has 7 heteroatoms. The number of hydrogen-bond donors (Lipinski definition) is 1. The third-order valence-electron chi connectivity index (χ3n) is 3.21. The van der Waals surface area contributed by atoms with E-state index in [1.807, 2.05) is 32.3 Å². The number of nitrogens with two attached hydrogens (primary N) is 1. The normalized spacial score (nSPS) is 10.8. The van der Waals surface area contributed by atoms with E-state index >= 15 is 0 Å². The SMILES string of the molecule is CCOc1cc2nn(C)cc2cc1-c1nccnc1C(N)=O. The number of aromatic nitrogens is 4. The Hall–Kier alpha value is -2.96. The molecule has 7 nitrogen and oxygen atoms in total. The standard InChI is InChI=1S/C15H15N5O2/c1-3-22-12-7-11-9(8-20(2)19-11)6-10(12)13-14(15(16)21)18-5-4-17-13/h4-8H,3H2,1-2H3,(H2,16,21). The molecule has 1 amide bonds. The van der Waals surface area contributed by atoms with Gasteiger partial charge in [-0.25, -0.2) is 4.98 Å². The molecule has 0 aliphatic carbocycles. The van der Waals surface area contributed by atoms with Gasteiger partial charge in [0.25, 0.3) is 5.91 Å². The van der Waals surface area contributed by atoms with Crippen LogP contribution in [0.3, 0.4) is 0 Å². The van der Waals surface area contributed by atoms with Gasteiger partial charge in [0.05, 0.1) is 12.1 Å². The van der Waals surface area contributed by atoms with Crippen molar-refractivity contribution in [3.63, 3.8) is 0 Å². The van der Waals surface area contributed by atoms with Crippen LogP contribution in [0.5, 0.6) is 5.75 Å². The van der Waals surface area contributed by atoms with Crippen LogP contribution in [0.2, 0.25) is 0 Å². The van der Waals surface area contributed by atoms with Crippen LogP contribution in [-0.2, 0) is 7.05 Å². The first-order chi connectivity index (χ1) is 10.6. The second-order valence-corrected chi connectivity index (χ2v) is 4.76. The lowest BCUT2D eigenvalue weighted by Crippen LogP contribution is -2.15. The molecule has 0 radical (unpaired) electrons. The van der Waals surface area contributed by atoms with E-state index < -0.39 is 5.91 Å². The molecule has 112 valence electrons. The van der Waals surface area contributed by atoms with Crippen molar-refractivity contribution < 1.29 is 9.53 Å². The fourth-order valence-corrected chi connectivity index (χ4v) is 2.35. The molecule has 3 rings (SSSR count). The van der Waals surface area contributed by atoms with Gasteiger partial charge in [-0.1, -0.05) is 0 Å². The van der Waals surface area contributed by atoms with E-state index in [2.05, 4.69) is 15.1 Å². The Bertz CT molecular complexity index is 856. The molecule has 2 aromatic heterocycles. The van der Waals surface area contributed by atoms with Gasteiger partial charge in [-0.15, -0.1) is 0 Å². The number of benzene rings is 1. The van der Waals surface area contributed by atoms with Gasteiger partial charge in [-0.05, 0) is 13.0 Å². The molecular weight excluding hydrogens is 282 g/mol. The van der Waals surface area contributed by atoms with Crippen LogP contribution in [-0.4, -0.2) is 32.3 Å². The van der Waals surface area contributed by atoms with Crippen LogP contribution in [0, 0.1) is 0 Å². The lowest BCUT2D eigenvalue weighted by Gasteiger charge is -2.11. The molecule has 0 aliphatic rings. The van der Waals surface area contributed by atoms with Gasteiger partial charge in [-0.3, -0.25) is 14.5 Å². The van der Waals surface area contributed by atoms with Gasteiger partial charge in [0.15, 0.2) is 5.69 Å². The first-order valence-corrected chi connectivity index (χ1v) is 6.81. The van der Waals surface area contributed by atoms with Crippen molar-refractivity contribution in [1.82, 2.24) is 19.7 Å². The van der Waals surface area contributed by atoms with E-state index in [-0.39, 0.29) is 5.69 Å². The van der Waals surface area contributed by atoms with Crippen LogP contribution in [0.1, 0.15) is 17.4 Å². The van der Waals surface area contributed by atoms with Gasteiger partial charge in [0, 0.05) is 42.7 Å². The van der Waals surface area contributed by atoms with E-state index in [9.17, 15) is 4.79 Å². The van der Waals surface area contributed by atoms with Gasteiger partial charge in [0.2, 0.25) is 0 Å². The van der Waals surface area contributed by atoms with Gasteiger partial charge < -0.3 is 10.5 Å². The number of rotatable bonds is 4. The highest BCUT2D eigenvalue weighted by Gasteiger charge is 2.18. The summed E-state index contributed by atoms with van der Waals surface area (Å²) >= 11 is 0. The Morgan fingerprint density at radius 2 is 2.09 bits per heavy atom. The molecule has 0 fully saturated rings. The Balaban J connectivity index is 2.28. The van der Waals surface area contributed by atoms with Crippen molar-refractivity contribution in [1.29, 1.82) is 0 Å². The zero-order valence-corrected chi connectivity index (χ0v) is 12.3. The Kier molecular flexibility index (Phi) is 3.46. The summed E-state index contributed by atoms with van der Waals surface area (Å²) in [7, 11) is 1.84. The number of carbonyl (C=O) groups is 1. The first-order valence-electron chi connectivity index (χ1n) is 6.81. The molecule has 0 spiro atoms. The quantitative estimate of drug-likeness (QED) is 0.787. The fraction of sp³-hybridized carbons (Fsp3) is 0.200. The molecule has 0 aliphatic heterocycles. The van der Waals surface area contributed by atoms with Gasteiger partial charge in [-0.2, -0.15) is 5.10 Å². The largest absolute Gasteiger partial charge is 0.493 e. The summed E-state index contributed by atoms with van der Waals surface area (Å²) in [5.74, 6) is -0.0338. The molecular formula is C15H15N5O2. The molecule has 1 aromatic carbocycles. The summed E-state index contributed by atoms with van der Waals surface area (Å²) in [6, 6.07) is 3.71. The number of nitrogens with zero attached hydrogens (tertiary/aromatic N) is 4. The number of carbonyl (C=O) groups excluding carboxylic acids is 1. The predicted molar refractivity (Wildman–Crippen MR) is 81.4 cm³/mol. The number of aryl methyl sites for hydroxylation is 1. The summed E-state index contributed by atoms with van der Waals surface area (Å²) in [5, 5.41) is 5.28.